The lowest BCUT2D eigenvalue weighted by atomic mass is 9.68. The van der Waals surface area contributed by atoms with Crippen LogP contribution in [0.3, 0.4) is 0 Å². The number of anilines is 1. The van der Waals surface area contributed by atoms with Crippen molar-refractivity contribution in [3.8, 4) is 5.75 Å². The van der Waals surface area contributed by atoms with Crippen LogP contribution < -0.4 is 21.1 Å². The van der Waals surface area contributed by atoms with Gasteiger partial charge in [0, 0.05) is 54.0 Å². The van der Waals surface area contributed by atoms with Crippen LogP contribution in [0.25, 0.3) is 5.57 Å². The molecule has 2 aromatic rings. The largest absolute Gasteiger partial charge is 0.492 e. The van der Waals surface area contributed by atoms with Gasteiger partial charge in [-0.15, -0.1) is 0 Å². The van der Waals surface area contributed by atoms with Gasteiger partial charge in [0.25, 0.3) is 5.91 Å². The summed E-state index contributed by atoms with van der Waals surface area (Å²) >= 11 is 0. The molecule has 2 fully saturated rings. The van der Waals surface area contributed by atoms with Gasteiger partial charge in [-0.05, 0) is 73.8 Å². The number of amides is 1. The van der Waals surface area contributed by atoms with E-state index in [0.29, 0.717) is 24.1 Å². The molecule has 8 nitrogen and oxygen atoms in total. The first-order valence-corrected chi connectivity index (χ1v) is 16.8. The van der Waals surface area contributed by atoms with Gasteiger partial charge in [0.2, 0.25) is 0 Å². The molecule has 1 aromatic heterocycles. The Bertz CT molecular complexity index is 1360. The first-order chi connectivity index (χ1) is 21.7. The molecule has 4 N–H and O–H groups in total. The predicted molar refractivity (Wildman–Crippen MR) is 185 cm³/mol. The molecule has 0 spiro atoms. The number of aromatic nitrogens is 1. The lowest BCUT2D eigenvalue weighted by Crippen LogP contribution is -2.40. The van der Waals surface area contributed by atoms with Gasteiger partial charge in [-0.25, -0.2) is 9.98 Å². The van der Waals surface area contributed by atoms with Gasteiger partial charge in [0.15, 0.2) is 0 Å². The van der Waals surface area contributed by atoms with Crippen molar-refractivity contribution in [2.45, 2.75) is 98.1 Å². The molecule has 244 valence electrons. The van der Waals surface area contributed by atoms with E-state index in [1.807, 2.05) is 43.5 Å². The van der Waals surface area contributed by atoms with Crippen LogP contribution in [-0.2, 0) is 17.7 Å². The number of carbonyl (C=O) groups is 1. The zero-order valence-corrected chi connectivity index (χ0v) is 27.8. The second-order valence-corrected chi connectivity index (χ2v) is 12.9. The first kappa shape index (κ1) is 34.2. The monoisotopic (exact) mass is 615 g/mol. The van der Waals surface area contributed by atoms with E-state index in [2.05, 4.69) is 43.0 Å². The molecule has 1 saturated heterocycles. The third-order valence-corrected chi connectivity index (χ3v) is 9.36. The number of hydrogen-bond donors (Lipinski definition) is 3. The summed E-state index contributed by atoms with van der Waals surface area (Å²) < 4.78 is 10.8. The summed E-state index contributed by atoms with van der Waals surface area (Å²) in [6.45, 7) is 15.5. The van der Waals surface area contributed by atoms with Crippen LogP contribution in [0.4, 0.5) is 5.82 Å². The molecule has 1 saturated carbocycles. The van der Waals surface area contributed by atoms with Gasteiger partial charge in [-0.1, -0.05) is 58.7 Å². The van der Waals surface area contributed by atoms with Crippen LogP contribution in [0, 0.1) is 11.3 Å². The number of nitrogens with zero attached hydrogens (tertiary/aromatic N) is 2. The minimum atomic E-state index is 0.0187. The summed E-state index contributed by atoms with van der Waals surface area (Å²) in [6.07, 6.45) is 15.8. The van der Waals surface area contributed by atoms with E-state index in [9.17, 15) is 4.79 Å². The Morgan fingerprint density at radius 3 is 2.64 bits per heavy atom. The molecule has 1 aromatic carbocycles. The van der Waals surface area contributed by atoms with E-state index >= 15 is 0 Å². The van der Waals surface area contributed by atoms with Crippen LogP contribution >= 0.6 is 0 Å². The molecule has 45 heavy (non-hydrogen) atoms. The van der Waals surface area contributed by atoms with E-state index in [0.717, 1.165) is 72.2 Å². The summed E-state index contributed by atoms with van der Waals surface area (Å²) in [5, 5.41) is 6.78. The Morgan fingerprint density at radius 2 is 2.00 bits per heavy atom. The molecule has 0 unspecified atom stereocenters. The smallest absolute Gasteiger partial charge is 0.251 e. The number of ether oxygens (including phenoxy) is 2. The topological polar surface area (TPSA) is 111 Å². The molecule has 3 aliphatic rings. The van der Waals surface area contributed by atoms with E-state index < -0.39 is 0 Å². The van der Waals surface area contributed by atoms with Crippen LogP contribution in [0.5, 0.6) is 5.75 Å². The molecule has 5 rings (SSSR count). The maximum Gasteiger partial charge on any atom is 0.251 e. The van der Waals surface area contributed by atoms with Crippen molar-refractivity contribution >= 4 is 23.5 Å². The molecule has 0 atom stereocenters. The Labute approximate surface area is 270 Å². The highest BCUT2D eigenvalue weighted by Crippen LogP contribution is 2.43. The minimum Gasteiger partial charge on any atom is -0.492 e. The van der Waals surface area contributed by atoms with Crippen molar-refractivity contribution in [2.24, 2.45) is 22.1 Å². The second kappa shape index (κ2) is 16.6. The number of allylic oxidation sites excluding steroid dienone is 2. The van der Waals surface area contributed by atoms with Crippen molar-refractivity contribution in [1.29, 1.82) is 0 Å². The zero-order chi connectivity index (χ0) is 32.2. The fourth-order valence-corrected chi connectivity index (χ4v) is 6.29. The summed E-state index contributed by atoms with van der Waals surface area (Å²) in [4.78, 5) is 21.8. The molecular formula is C37H53N5O3. The molecule has 2 aliphatic heterocycles. The van der Waals surface area contributed by atoms with Gasteiger partial charge in [0.05, 0.1) is 19.8 Å². The number of hydrogen-bond acceptors (Lipinski definition) is 7. The maximum absolute atomic E-state index is 13.1. The van der Waals surface area contributed by atoms with E-state index in [1.165, 1.54) is 38.5 Å². The SMILES string of the molecule is C=C(N)/N=C\C=C(/C)c1cnc(NCc2cccc(C(=O)NC3CCC(CC)(CCCC)CC3)c2)c2c1OCC2.CC1COC1. The van der Waals surface area contributed by atoms with E-state index in [1.54, 1.807) is 6.21 Å². The van der Waals surface area contributed by atoms with Gasteiger partial charge in [-0.3, -0.25) is 4.79 Å². The number of carbonyl (C=O) groups excluding carboxylic acids is 1. The fraction of sp³-hybridized carbons (Fsp3) is 0.541. The first-order valence-electron chi connectivity index (χ1n) is 16.8. The van der Waals surface area contributed by atoms with Crippen molar-refractivity contribution in [3.63, 3.8) is 0 Å². The third-order valence-electron chi connectivity index (χ3n) is 9.36. The Morgan fingerprint density at radius 1 is 1.24 bits per heavy atom. The van der Waals surface area contributed by atoms with E-state index in [-0.39, 0.29) is 17.8 Å². The Hall–Kier alpha value is -3.65. The standard InChI is InChI=1S/C33H45N5O2.C4H8O/c1-5-7-15-33(6-2)16-11-27(12-17-33)38-32(39)26-10-8-9-25(20-26)21-36-31-28-14-19-40-30(28)29(22-37-31)23(3)13-18-35-24(4)34;1-4-2-5-3-4/h8-10,13,18,20,22,27H,4-7,11-12,14-17,19,21,34H2,1-3H3,(H,36,37)(H,38,39);4H,2-3H2,1H3/b23-13+,35-18-;. The van der Waals surface area contributed by atoms with Gasteiger partial charge in [0.1, 0.15) is 17.4 Å². The van der Waals surface area contributed by atoms with Crippen LogP contribution in [0.15, 0.2) is 53.9 Å². The lowest BCUT2D eigenvalue weighted by molar-refractivity contribution is -0.0221. The molecule has 1 aliphatic carbocycles. The summed E-state index contributed by atoms with van der Waals surface area (Å²) in [7, 11) is 0. The molecule has 1 amide bonds. The number of aliphatic imine (C=N–C) groups is 1. The third kappa shape index (κ3) is 9.67. The number of nitrogens with one attached hydrogen (secondary N) is 2. The Balaban J connectivity index is 0.000000838. The predicted octanol–water partition coefficient (Wildman–Crippen LogP) is 7.44. The highest BCUT2D eigenvalue weighted by Gasteiger charge is 2.33. The number of benzene rings is 1. The van der Waals surface area contributed by atoms with Crippen molar-refractivity contribution in [3.05, 3.63) is 71.2 Å². The number of nitrogens with two attached hydrogens (primary N) is 1. The number of unbranched alkanes of at least 4 members (excludes halogenated alkanes) is 1. The van der Waals surface area contributed by atoms with Crippen LogP contribution in [0.2, 0.25) is 0 Å². The minimum absolute atomic E-state index is 0.0187. The average Bonchev–Trinajstić information content (AvgIpc) is 3.53. The van der Waals surface area contributed by atoms with Gasteiger partial charge >= 0.3 is 0 Å². The van der Waals surface area contributed by atoms with E-state index in [4.69, 9.17) is 20.2 Å². The molecule has 3 heterocycles. The number of pyridine rings is 1. The molecule has 0 bridgehead atoms. The average molecular weight is 616 g/mol. The van der Waals surface area contributed by atoms with Crippen molar-refractivity contribution in [2.75, 3.05) is 25.1 Å². The quantitative estimate of drug-likeness (QED) is 0.214. The van der Waals surface area contributed by atoms with Crippen molar-refractivity contribution < 1.29 is 14.3 Å². The van der Waals surface area contributed by atoms with Crippen LogP contribution in [-0.4, -0.2) is 43.0 Å². The summed E-state index contributed by atoms with van der Waals surface area (Å²) in [6, 6.07) is 8.13. The summed E-state index contributed by atoms with van der Waals surface area (Å²) in [5.41, 5.74) is 10.7. The highest BCUT2D eigenvalue weighted by atomic mass is 16.5. The van der Waals surface area contributed by atoms with Crippen molar-refractivity contribution in [1.82, 2.24) is 10.3 Å². The van der Waals surface area contributed by atoms with Crippen LogP contribution in [0.1, 0.15) is 106 Å². The number of rotatable bonds is 12. The molecular weight excluding hydrogens is 562 g/mol. The fourth-order valence-electron chi connectivity index (χ4n) is 6.29. The second-order valence-electron chi connectivity index (χ2n) is 12.9. The number of fused-ring (bicyclic) bond motifs is 1. The Kier molecular flexibility index (Phi) is 12.6. The zero-order valence-electron chi connectivity index (χ0n) is 27.8. The molecule has 8 heteroatoms. The highest BCUT2D eigenvalue weighted by molar-refractivity contribution is 5.94. The molecule has 0 radical (unpaired) electrons. The van der Waals surface area contributed by atoms with Gasteiger partial charge < -0.3 is 25.8 Å². The lowest BCUT2D eigenvalue weighted by Gasteiger charge is -2.40. The van der Waals surface area contributed by atoms with Gasteiger partial charge in [-0.2, -0.15) is 0 Å². The summed E-state index contributed by atoms with van der Waals surface area (Å²) in [5.74, 6) is 2.79. The maximum atomic E-state index is 13.1. The normalized spacial score (nSPS) is 21.2.